The van der Waals surface area contributed by atoms with E-state index in [1.807, 2.05) is 61.5 Å². The maximum atomic E-state index is 13.7. The minimum Gasteiger partial charge on any atom is -0.497 e. The molecular formula is C28H39NO4Si. The first-order valence-corrected chi connectivity index (χ1v) is 14.4. The molecule has 5 nitrogen and oxygen atoms in total. The summed E-state index contributed by atoms with van der Waals surface area (Å²) < 4.78 is 12.2. The number of amides is 1. The quantitative estimate of drug-likeness (QED) is 0.221. The van der Waals surface area contributed by atoms with Crippen molar-refractivity contribution in [3.05, 3.63) is 60.2 Å². The predicted octanol–water partition coefficient (Wildman–Crippen LogP) is 6.49. The van der Waals surface area contributed by atoms with E-state index in [-0.39, 0.29) is 17.8 Å². The van der Waals surface area contributed by atoms with E-state index in [0.717, 1.165) is 0 Å². The van der Waals surface area contributed by atoms with E-state index in [1.54, 1.807) is 12.0 Å². The van der Waals surface area contributed by atoms with Crippen molar-refractivity contribution in [3.8, 4) is 5.75 Å². The molecule has 0 spiro atoms. The number of rotatable bonds is 10. The lowest BCUT2D eigenvalue weighted by Crippen LogP contribution is -2.69. The average Bonchev–Trinajstić information content (AvgIpc) is 2.80. The van der Waals surface area contributed by atoms with Crippen molar-refractivity contribution in [2.24, 2.45) is 5.92 Å². The summed E-state index contributed by atoms with van der Waals surface area (Å²) in [5.41, 5.74) is 2.49. The molecule has 6 heteroatoms. The Morgan fingerprint density at radius 2 is 1.38 bits per heavy atom. The van der Waals surface area contributed by atoms with Gasteiger partial charge in [-0.15, -0.1) is 0 Å². The second kappa shape index (κ2) is 10.4. The molecule has 1 saturated heterocycles. The normalized spacial score (nSPS) is 19.5. The molecule has 0 bridgehead atoms. The van der Waals surface area contributed by atoms with Gasteiger partial charge in [0.25, 0.3) is 0 Å². The Morgan fingerprint density at radius 3 is 1.85 bits per heavy atom. The van der Waals surface area contributed by atoms with Gasteiger partial charge in [0.1, 0.15) is 11.8 Å². The predicted molar refractivity (Wildman–Crippen MR) is 140 cm³/mol. The number of hydrogen-bond acceptors (Lipinski definition) is 4. The molecule has 0 saturated carbocycles. The fourth-order valence-corrected chi connectivity index (χ4v) is 11.5. The monoisotopic (exact) mass is 481 g/mol. The van der Waals surface area contributed by atoms with E-state index in [9.17, 15) is 9.59 Å². The summed E-state index contributed by atoms with van der Waals surface area (Å²) in [6.07, 6.45) is -0.349. The minimum absolute atomic E-state index is 0.0534. The van der Waals surface area contributed by atoms with Crippen LogP contribution in [-0.2, 0) is 9.22 Å². The second-order valence-electron chi connectivity index (χ2n) is 10.2. The summed E-state index contributed by atoms with van der Waals surface area (Å²) >= 11 is 0. The molecule has 1 fully saturated rings. The maximum absolute atomic E-state index is 13.7. The Labute approximate surface area is 205 Å². The van der Waals surface area contributed by atoms with Crippen LogP contribution < -0.4 is 9.64 Å². The first kappa shape index (κ1) is 26.2. The van der Waals surface area contributed by atoms with Crippen LogP contribution in [-0.4, -0.2) is 39.3 Å². The molecule has 0 aromatic heterocycles. The smallest absolute Gasteiger partial charge is 0.235 e. The van der Waals surface area contributed by atoms with E-state index in [0.29, 0.717) is 33.6 Å². The molecule has 2 aromatic carbocycles. The van der Waals surface area contributed by atoms with Crippen LogP contribution in [0.2, 0.25) is 16.6 Å². The molecule has 0 N–H and O–H groups in total. The van der Waals surface area contributed by atoms with Crippen LogP contribution in [0.15, 0.2) is 54.6 Å². The van der Waals surface area contributed by atoms with Gasteiger partial charge in [-0.3, -0.25) is 9.59 Å². The van der Waals surface area contributed by atoms with Crippen molar-refractivity contribution in [1.29, 1.82) is 0 Å². The largest absolute Gasteiger partial charge is 0.497 e. The molecule has 0 radical (unpaired) electrons. The highest BCUT2D eigenvalue weighted by molar-refractivity contribution is 6.77. The number of carbonyl (C=O) groups is 2. The molecule has 1 aliphatic rings. The molecular weight excluding hydrogens is 442 g/mol. The van der Waals surface area contributed by atoms with Crippen molar-refractivity contribution < 1.29 is 18.8 Å². The number of β-lactam (4-membered cyclic amide) rings is 1. The first-order valence-electron chi connectivity index (χ1n) is 12.3. The number of hydrogen-bond donors (Lipinski definition) is 0. The van der Waals surface area contributed by atoms with Crippen molar-refractivity contribution in [2.45, 2.75) is 77.2 Å². The van der Waals surface area contributed by atoms with Crippen LogP contribution in [0.25, 0.3) is 0 Å². The molecule has 34 heavy (non-hydrogen) atoms. The van der Waals surface area contributed by atoms with E-state index >= 15 is 0 Å². The van der Waals surface area contributed by atoms with Crippen molar-refractivity contribution in [1.82, 2.24) is 0 Å². The second-order valence-corrected chi connectivity index (χ2v) is 15.7. The average molecular weight is 482 g/mol. The number of ether oxygens (including phenoxy) is 1. The highest BCUT2D eigenvalue weighted by atomic mass is 28.4. The van der Waals surface area contributed by atoms with Gasteiger partial charge in [-0.25, -0.2) is 0 Å². The fraction of sp³-hybridized carbons (Fsp3) is 0.500. The number of anilines is 1. The highest BCUT2D eigenvalue weighted by Gasteiger charge is 2.57. The molecule has 1 heterocycles. The summed E-state index contributed by atoms with van der Waals surface area (Å²) in [7, 11) is -0.615. The molecule has 3 rings (SSSR count). The van der Waals surface area contributed by atoms with Gasteiger partial charge in [0.15, 0.2) is 5.78 Å². The molecule has 3 atom stereocenters. The van der Waals surface area contributed by atoms with Gasteiger partial charge in [0.05, 0.1) is 19.1 Å². The molecule has 0 aliphatic carbocycles. The Hall–Kier alpha value is -2.44. The summed E-state index contributed by atoms with van der Waals surface area (Å²) in [6, 6.07) is 15.9. The number of nitrogens with zero attached hydrogens (tertiary/aromatic N) is 1. The maximum Gasteiger partial charge on any atom is 0.235 e. The SMILES string of the molecule is COc1ccc(N2C(=O)[C@@H]([C@H](C)O[Si](C(C)C)(C(C)C)C(C)C)[C@H]2C(=O)c2ccccc2)cc1. The Bertz CT molecular complexity index is 965. The minimum atomic E-state index is -2.22. The zero-order valence-corrected chi connectivity index (χ0v) is 22.7. The Kier molecular flexibility index (Phi) is 8.04. The molecule has 1 amide bonds. The van der Waals surface area contributed by atoms with Gasteiger partial charge >= 0.3 is 0 Å². The number of benzene rings is 2. The molecule has 184 valence electrons. The van der Waals surface area contributed by atoms with Crippen LogP contribution in [0.5, 0.6) is 5.75 Å². The highest BCUT2D eigenvalue weighted by Crippen LogP contribution is 2.46. The van der Waals surface area contributed by atoms with Gasteiger partial charge < -0.3 is 14.1 Å². The van der Waals surface area contributed by atoms with E-state index in [2.05, 4.69) is 41.5 Å². The van der Waals surface area contributed by atoms with Gasteiger partial charge in [0, 0.05) is 11.3 Å². The van der Waals surface area contributed by atoms with Crippen LogP contribution in [0.4, 0.5) is 5.69 Å². The third-order valence-corrected chi connectivity index (χ3v) is 13.6. The lowest BCUT2D eigenvalue weighted by atomic mass is 9.78. The third-order valence-electron chi connectivity index (χ3n) is 7.42. The van der Waals surface area contributed by atoms with E-state index in [4.69, 9.17) is 9.16 Å². The van der Waals surface area contributed by atoms with Crippen LogP contribution in [0.1, 0.15) is 58.8 Å². The fourth-order valence-electron chi connectivity index (χ4n) is 5.86. The summed E-state index contributed by atoms with van der Waals surface area (Å²) in [5, 5.41) is 0. The zero-order valence-electron chi connectivity index (χ0n) is 21.7. The topological polar surface area (TPSA) is 55.8 Å². The van der Waals surface area contributed by atoms with Crippen LogP contribution in [0.3, 0.4) is 0 Å². The number of methoxy groups -OCH3 is 1. The van der Waals surface area contributed by atoms with Gasteiger partial charge in [-0.1, -0.05) is 71.9 Å². The van der Waals surface area contributed by atoms with Crippen molar-refractivity contribution in [2.75, 3.05) is 12.0 Å². The summed E-state index contributed by atoms with van der Waals surface area (Å²) in [6.45, 7) is 15.4. The number of Topliss-reactive ketones (excluding diaryl/α,β-unsaturated/α-hetero) is 1. The van der Waals surface area contributed by atoms with Gasteiger partial charge in [-0.05, 0) is 47.8 Å². The Balaban J connectivity index is 1.99. The standard InChI is InChI=1S/C28H39NO4Si/c1-18(2)34(19(3)4,20(5)6)33-21(7)25-26(27(30)22-12-10-9-11-13-22)29(28(25)31)23-14-16-24(32-8)17-15-23/h9-21,25-26H,1-8H3/t21-,25-,26-/m0/s1. The molecule has 2 aromatic rings. The first-order chi connectivity index (χ1) is 16.1. The summed E-state index contributed by atoms with van der Waals surface area (Å²) in [4.78, 5) is 28.9. The van der Waals surface area contributed by atoms with Crippen LogP contribution >= 0.6 is 0 Å². The van der Waals surface area contributed by atoms with E-state index in [1.165, 1.54) is 0 Å². The van der Waals surface area contributed by atoms with Gasteiger partial charge in [0.2, 0.25) is 14.2 Å². The Morgan fingerprint density at radius 1 is 0.853 bits per heavy atom. The lowest BCUT2D eigenvalue weighted by molar-refractivity contribution is -0.133. The molecule has 0 unspecified atom stereocenters. The lowest BCUT2D eigenvalue weighted by Gasteiger charge is -2.52. The van der Waals surface area contributed by atoms with Gasteiger partial charge in [-0.2, -0.15) is 0 Å². The van der Waals surface area contributed by atoms with Crippen molar-refractivity contribution >= 4 is 25.7 Å². The number of carbonyl (C=O) groups excluding carboxylic acids is 2. The summed E-state index contributed by atoms with van der Waals surface area (Å²) in [5.74, 6) is 0.0731. The van der Waals surface area contributed by atoms with Crippen LogP contribution in [0, 0.1) is 5.92 Å². The number of ketones is 1. The third kappa shape index (κ3) is 4.58. The van der Waals surface area contributed by atoms with E-state index < -0.39 is 20.3 Å². The van der Waals surface area contributed by atoms with Crippen molar-refractivity contribution in [3.63, 3.8) is 0 Å². The molecule has 1 aliphatic heterocycles. The zero-order chi connectivity index (χ0) is 25.2.